The molecule has 0 aliphatic heterocycles. The van der Waals surface area contributed by atoms with Gasteiger partial charge in [-0.2, -0.15) is 13.2 Å². The van der Waals surface area contributed by atoms with Gasteiger partial charge in [0, 0.05) is 6.42 Å². The van der Waals surface area contributed by atoms with E-state index < -0.39 is 12.6 Å². The summed E-state index contributed by atoms with van der Waals surface area (Å²) >= 11 is 0. The van der Waals surface area contributed by atoms with Crippen LogP contribution >= 0.6 is 0 Å². The molecular weight excluding hydrogens is 165 g/mol. The molecule has 70 valence electrons. The molecule has 0 aromatic carbocycles. The lowest BCUT2D eigenvalue weighted by Crippen LogP contribution is -2.04. The van der Waals surface area contributed by atoms with Crippen LogP contribution in [0.1, 0.15) is 39.0 Å². The Morgan fingerprint density at radius 1 is 1.08 bits per heavy atom. The average Bonchev–Trinajstić information content (AvgIpc) is 1.94. The lowest BCUT2D eigenvalue weighted by molar-refractivity contribution is -0.123. The van der Waals surface area contributed by atoms with Crippen molar-refractivity contribution in [3.05, 3.63) is 0 Å². The maximum absolute atomic E-state index is 11.5. The summed E-state index contributed by atoms with van der Waals surface area (Å²) < 4.78 is 34.6. The van der Waals surface area contributed by atoms with E-state index in [2.05, 4.69) is 11.8 Å². The van der Waals surface area contributed by atoms with Crippen LogP contribution in [0.4, 0.5) is 13.2 Å². The molecule has 0 amide bonds. The van der Waals surface area contributed by atoms with Crippen molar-refractivity contribution in [2.75, 3.05) is 0 Å². The van der Waals surface area contributed by atoms with Crippen LogP contribution in [0.5, 0.6) is 0 Å². The molecule has 0 aliphatic rings. The van der Waals surface area contributed by atoms with Crippen molar-refractivity contribution < 1.29 is 13.2 Å². The van der Waals surface area contributed by atoms with Crippen molar-refractivity contribution in [1.29, 1.82) is 0 Å². The summed E-state index contributed by atoms with van der Waals surface area (Å²) in [4.78, 5) is 0. The molecule has 0 N–H and O–H groups in total. The lowest BCUT2D eigenvalue weighted by atomic mass is 10.2. The van der Waals surface area contributed by atoms with Crippen LogP contribution < -0.4 is 0 Å². The molecule has 0 saturated carbocycles. The lowest BCUT2D eigenvalue weighted by Gasteiger charge is -1.97. The van der Waals surface area contributed by atoms with Gasteiger partial charge in [0.1, 0.15) is 6.42 Å². The summed E-state index contributed by atoms with van der Waals surface area (Å²) in [6, 6.07) is 0. The number of alkyl halides is 3. The van der Waals surface area contributed by atoms with E-state index >= 15 is 0 Å². The zero-order chi connectivity index (χ0) is 9.45. The zero-order valence-corrected chi connectivity index (χ0v) is 7.17. The molecule has 0 fully saturated rings. The third-order valence-electron chi connectivity index (χ3n) is 1.32. The van der Waals surface area contributed by atoms with Crippen LogP contribution in [0.25, 0.3) is 0 Å². The highest BCUT2D eigenvalue weighted by Gasteiger charge is 2.24. The quantitative estimate of drug-likeness (QED) is 0.458. The van der Waals surface area contributed by atoms with Crippen molar-refractivity contribution >= 4 is 0 Å². The van der Waals surface area contributed by atoms with Crippen LogP contribution in [0, 0.1) is 11.8 Å². The van der Waals surface area contributed by atoms with Crippen molar-refractivity contribution in [3.8, 4) is 11.8 Å². The number of rotatable bonds is 3. The second-order valence-electron chi connectivity index (χ2n) is 2.60. The van der Waals surface area contributed by atoms with E-state index in [1.54, 1.807) is 0 Å². The third kappa shape index (κ3) is 9.35. The maximum Gasteiger partial charge on any atom is 0.399 e. The first-order chi connectivity index (χ1) is 5.56. The summed E-state index contributed by atoms with van der Waals surface area (Å²) in [5.41, 5.74) is 0. The van der Waals surface area contributed by atoms with Gasteiger partial charge in [-0.1, -0.05) is 25.7 Å². The highest BCUT2D eigenvalue weighted by atomic mass is 19.4. The molecule has 0 heterocycles. The Bertz CT molecular complexity index is 159. The average molecular weight is 178 g/mol. The fraction of sp³-hybridized carbons (Fsp3) is 0.778. The topological polar surface area (TPSA) is 0 Å². The Hall–Kier alpha value is -0.650. The van der Waals surface area contributed by atoms with Gasteiger partial charge in [-0.3, -0.25) is 0 Å². The molecule has 0 unspecified atom stereocenters. The summed E-state index contributed by atoms with van der Waals surface area (Å²) in [6.07, 6.45) is -1.50. The molecule has 0 nitrogen and oxygen atoms in total. The van der Waals surface area contributed by atoms with Crippen LogP contribution in [-0.4, -0.2) is 6.18 Å². The van der Waals surface area contributed by atoms with Crippen molar-refractivity contribution in [2.45, 2.75) is 45.2 Å². The van der Waals surface area contributed by atoms with Crippen molar-refractivity contribution in [2.24, 2.45) is 0 Å². The number of hydrogen-bond donors (Lipinski definition) is 0. The summed E-state index contributed by atoms with van der Waals surface area (Å²) in [7, 11) is 0. The minimum absolute atomic E-state index is 0.587. The Morgan fingerprint density at radius 3 is 2.25 bits per heavy atom. The van der Waals surface area contributed by atoms with Crippen LogP contribution in [0.2, 0.25) is 0 Å². The highest BCUT2D eigenvalue weighted by molar-refractivity contribution is 5.00. The van der Waals surface area contributed by atoms with Gasteiger partial charge in [-0.05, 0) is 6.42 Å². The first-order valence-electron chi connectivity index (χ1n) is 4.08. The molecule has 0 spiro atoms. The van der Waals surface area contributed by atoms with Gasteiger partial charge in [-0.15, -0.1) is 5.92 Å². The number of hydrogen-bond acceptors (Lipinski definition) is 0. The van der Waals surface area contributed by atoms with Gasteiger partial charge in [0.25, 0.3) is 0 Å². The molecule has 0 bridgehead atoms. The van der Waals surface area contributed by atoms with E-state index in [4.69, 9.17) is 0 Å². The monoisotopic (exact) mass is 178 g/mol. The standard InChI is InChI=1S/C9H13F3/c1-2-3-4-5-6-7-8-9(10,11)12/h2-5,8H2,1H3. The summed E-state index contributed by atoms with van der Waals surface area (Å²) in [6.45, 7) is 2.04. The molecule has 0 atom stereocenters. The molecule has 0 aliphatic carbocycles. The zero-order valence-electron chi connectivity index (χ0n) is 7.17. The van der Waals surface area contributed by atoms with E-state index in [1.807, 2.05) is 6.92 Å². The summed E-state index contributed by atoms with van der Waals surface area (Å²) in [5, 5.41) is 0. The fourth-order valence-electron chi connectivity index (χ4n) is 0.714. The van der Waals surface area contributed by atoms with E-state index in [9.17, 15) is 13.2 Å². The molecule has 3 heteroatoms. The van der Waals surface area contributed by atoms with Crippen LogP contribution in [-0.2, 0) is 0 Å². The van der Waals surface area contributed by atoms with E-state index in [0.29, 0.717) is 6.42 Å². The Labute approximate surface area is 71.2 Å². The molecule has 0 rings (SSSR count). The summed E-state index contributed by atoms with van der Waals surface area (Å²) in [5.74, 6) is 4.62. The second kappa shape index (κ2) is 5.93. The van der Waals surface area contributed by atoms with Gasteiger partial charge in [0.05, 0.1) is 0 Å². The Kier molecular flexibility index (Phi) is 5.61. The van der Waals surface area contributed by atoms with Gasteiger partial charge in [0.2, 0.25) is 0 Å². The SMILES string of the molecule is CCCCCC#CCC(F)(F)F. The van der Waals surface area contributed by atoms with Crippen molar-refractivity contribution in [1.82, 2.24) is 0 Å². The first-order valence-corrected chi connectivity index (χ1v) is 4.08. The molecule has 0 saturated heterocycles. The molecule has 12 heavy (non-hydrogen) atoms. The van der Waals surface area contributed by atoms with Gasteiger partial charge < -0.3 is 0 Å². The number of unbranched alkanes of at least 4 members (excludes halogenated alkanes) is 3. The minimum Gasteiger partial charge on any atom is -0.170 e. The van der Waals surface area contributed by atoms with Gasteiger partial charge >= 0.3 is 6.18 Å². The molecule has 0 aromatic heterocycles. The smallest absolute Gasteiger partial charge is 0.170 e. The highest BCUT2D eigenvalue weighted by Crippen LogP contribution is 2.18. The maximum atomic E-state index is 11.5. The molecule has 0 radical (unpaired) electrons. The van der Waals surface area contributed by atoms with Crippen molar-refractivity contribution in [3.63, 3.8) is 0 Å². The Morgan fingerprint density at radius 2 is 1.75 bits per heavy atom. The predicted molar refractivity (Wildman–Crippen MR) is 42.6 cm³/mol. The first kappa shape index (κ1) is 11.4. The second-order valence-corrected chi connectivity index (χ2v) is 2.60. The van der Waals surface area contributed by atoms with E-state index in [-0.39, 0.29) is 0 Å². The van der Waals surface area contributed by atoms with Crippen LogP contribution in [0.3, 0.4) is 0 Å². The third-order valence-corrected chi connectivity index (χ3v) is 1.32. The molecular formula is C9H13F3. The minimum atomic E-state index is -4.13. The van der Waals surface area contributed by atoms with E-state index in [1.165, 1.54) is 0 Å². The number of halogens is 3. The van der Waals surface area contributed by atoms with Gasteiger partial charge in [-0.25, -0.2) is 0 Å². The van der Waals surface area contributed by atoms with E-state index in [0.717, 1.165) is 19.3 Å². The van der Waals surface area contributed by atoms with Crippen LogP contribution in [0.15, 0.2) is 0 Å². The van der Waals surface area contributed by atoms with Gasteiger partial charge in [0.15, 0.2) is 0 Å². The fourth-order valence-corrected chi connectivity index (χ4v) is 0.714. The Balaban J connectivity index is 3.35. The normalized spacial score (nSPS) is 10.7. The molecule has 0 aromatic rings. The largest absolute Gasteiger partial charge is 0.399 e. The predicted octanol–water partition coefficient (Wildman–Crippen LogP) is 3.52.